The van der Waals surface area contributed by atoms with Crippen molar-refractivity contribution in [2.75, 3.05) is 13.2 Å². The predicted octanol–water partition coefficient (Wildman–Crippen LogP) is -0.0141. The molecule has 1 amide bonds. The first-order valence-corrected chi connectivity index (χ1v) is 5.26. The molecule has 0 aromatic rings. The number of nitrogens with one attached hydrogen (secondary N) is 1. The van der Waals surface area contributed by atoms with E-state index in [0.717, 1.165) is 0 Å². The van der Waals surface area contributed by atoms with Crippen molar-refractivity contribution in [2.24, 2.45) is 11.8 Å². The fourth-order valence-electron chi connectivity index (χ4n) is 1.88. The Hall–Kier alpha value is -1.10. The van der Waals surface area contributed by atoms with E-state index in [4.69, 9.17) is 10.2 Å². The fourth-order valence-corrected chi connectivity index (χ4v) is 1.88. The van der Waals surface area contributed by atoms with E-state index in [9.17, 15) is 9.59 Å². The number of hydrogen-bond donors (Lipinski definition) is 3. The van der Waals surface area contributed by atoms with Crippen molar-refractivity contribution in [1.82, 2.24) is 5.32 Å². The van der Waals surface area contributed by atoms with Crippen LogP contribution in [0.4, 0.5) is 0 Å². The third kappa shape index (κ3) is 3.51. The minimum Gasteiger partial charge on any atom is -0.481 e. The Morgan fingerprint density at radius 2 is 1.93 bits per heavy atom. The van der Waals surface area contributed by atoms with Crippen LogP contribution in [-0.4, -0.2) is 35.2 Å². The highest BCUT2D eigenvalue weighted by Gasteiger charge is 2.33. The Labute approximate surface area is 88.5 Å². The minimum absolute atomic E-state index is 0.0582. The quantitative estimate of drug-likeness (QED) is 0.563. The molecule has 2 atom stereocenters. The first-order valence-electron chi connectivity index (χ1n) is 5.26. The molecule has 1 aliphatic rings. The molecule has 0 heterocycles. The summed E-state index contributed by atoms with van der Waals surface area (Å²) in [6.07, 6.45) is 2.23. The molecular weight excluding hydrogens is 198 g/mol. The number of aliphatic hydroxyl groups is 1. The summed E-state index contributed by atoms with van der Waals surface area (Å²) in [4.78, 5) is 22.2. The zero-order chi connectivity index (χ0) is 11.3. The van der Waals surface area contributed by atoms with Crippen LogP contribution in [-0.2, 0) is 9.59 Å². The van der Waals surface area contributed by atoms with Gasteiger partial charge in [-0.05, 0) is 25.7 Å². The second-order valence-electron chi connectivity index (χ2n) is 3.91. The Morgan fingerprint density at radius 1 is 1.27 bits per heavy atom. The molecule has 0 aromatic carbocycles. The second kappa shape index (κ2) is 5.70. The molecule has 0 radical (unpaired) electrons. The SMILES string of the molecule is O=C(O)[C@H]1CC[C@@H](C(=O)NCCCO)C1. The number of aliphatic carboxylic acids is 1. The van der Waals surface area contributed by atoms with Crippen LogP contribution in [0.2, 0.25) is 0 Å². The van der Waals surface area contributed by atoms with E-state index < -0.39 is 5.97 Å². The first kappa shape index (κ1) is 12.0. The highest BCUT2D eigenvalue weighted by molar-refractivity contribution is 5.80. The summed E-state index contributed by atoms with van der Waals surface area (Å²) in [5.74, 6) is -1.41. The molecule has 15 heavy (non-hydrogen) atoms. The lowest BCUT2D eigenvalue weighted by Gasteiger charge is -2.09. The molecule has 0 aromatic heterocycles. The van der Waals surface area contributed by atoms with Gasteiger partial charge in [-0.15, -0.1) is 0 Å². The molecule has 0 aliphatic heterocycles. The number of amides is 1. The van der Waals surface area contributed by atoms with Crippen molar-refractivity contribution < 1.29 is 19.8 Å². The molecule has 5 heteroatoms. The number of carboxylic acid groups (broad SMARTS) is 1. The van der Waals surface area contributed by atoms with Crippen molar-refractivity contribution >= 4 is 11.9 Å². The number of carboxylic acids is 1. The van der Waals surface area contributed by atoms with Gasteiger partial charge in [0.15, 0.2) is 0 Å². The maximum Gasteiger partial charge on any atom is 0.306 e. The van der Waals surface area contributed by atoms with E-state index in [-0.39, 0.29) is 24.3 Å². The van der Waals surface area contributed by atoms with Crippen molar-refractivity contribution in [3.63, 3.8) is 0 Å². The van der Waals surface area contributed by atoms with Gasteiger partial charge >= 0.3 is 5.97 Å². The normalized spacial score (nSPS) is 25.1. The molecule has 0 bridgehead atoms. The van der Waals surface area contributed by atoms with Gasteiger partial charge in [-0.3, -0.25) is 9.59 Å². The Balaban J connectivity index is 2.27. The van der Waals surface area contributed by atoms with E-state index in [1.165, 1.54) is 0 Å². The van der Waals surface area contributed by atoms with Crippen LogP contribution in [0.1, 0.15) is 25.7 Å². The molecule has 0 unspecified atom stereocenters. The Kier molecular flexibility index (Phi) is 4.55. The summed E-state index contributed by atoms with van der Waals surface area (Å²) in [6, 6.07) is 0. The van der Waals surface area contributed by atoms with Gasteiger partial charge in [0.05, 0.1) is 5.92 Å². The second-order valence-corrected chi connectivity index (χ2v) is 3.91. The van der Waals surface area contributed by atoms with Gasteiger partial charge in [0.2, 0.25) is 5.91 Å². The number of aliphatic hydroxyl groups excluding tert-OH is 1. The number of hydrogen-bond acceptors (Lipinski definition) is 3. The van der Waals surface area contributed by atoms with Crippen molar-refractivity contribution in [2.45, 2.75) is 25.7 Å². The van der Waals surface area contributed by atoms with Gasteiger partial charge in [0.25, 0.3) is 0 Å². The molecule has 0 saturated heterocycles. The standard InChI is InChI=1S/C10H17NO4/c12-5-1-4-11-9(13)7-2-3-8(6-7)10(14)15/h7-8,12H,1-6H2,(H,11,13)(H,14,15)/t7-,8+/m1/s1. The summed E-state index contributed by atoms with van der Waals surface area (Å²) in [7, 11) is 0. The van der Waals surface area contributed by atoms with Crippen LogP contribution in [0.5, 0.6) is 0 Å². The van der Waals surface area contributed by atoms with Crippen molar-refractivity contribution in [3.05, 3.63) is 0 Å². The van der Waals surface area contributed by atoms with Crippen LogP contribution < -0.4 is 5.32 Å². The maximum absolute atomic E-state index is 11.5. The van der Waals surface area contributed by atoms with Crippen molar-refractivity contribution in [3.8, 4) is 0 Å². The zero-order valence-electron chi connectivity index (χ0n) is 8.61. The molecular formula is C10H17NO4. The Bertz CT molecular complexity index is 242. The van der Waals surface area contributed by atoms with E-state index in [2.05, 4.69) is 5.32 Å². The highest BCUT2D eigenvalue weighted by Crippen LogP contribution is 2.30. The average Bonchev–Trinajstić information content (AvgIpc) is 2.66. The lowest BCUT2D eigenvalue weighted by molar-refractivity contribution is -0.141. The number of carbonyl (C=O) groups excluding carboxylic acids is 1. The lowest BCUT2D eigenvalue weighted by Crippen LogP contribution is -2.30. The molecule has 1 rings (SSSR count). The van der Waals surface area contributed by atoms with Crippen LogP contribution in [0.15, 0.2) is 0 Å². The zero-order valence-corrected chi connectivity index (χ0v) is 8.61. The molecule has 1 fully saturated rings. The summed E-state index contributed by atoms with van der Waals surface area (Å²) in [5, 5.41) is 20.0. The average molecular weight is 215 g/mol. The Morgan fingerprint density at radius 3 is 2.47 bits per heavy atom. The minimum atomic E-state index is -0.805. The summed E-state index contributed by atoms with van der Waals surface area (Å²) in [6.45, 7) is 0.520. The smallest absolute Gasteiger partial charge is 0.306 e. The van der Waals surface area contributed by atoms with Crippen LogP contribution in [0.3, 0.4) is 0 Å². The molecule has 86 valence electrons. The van der Waals surface area contributed by atoms with Crippen LogP contribution >= 0.6 is 0 Å². The van der Waals surface area contributed by atoms with Gasteiger partial charge in [-0.2, -0.15) is 0 Å². The van der Waals surface area contributed by atoms with Gasteiger partial charge < -0.3 is 15.5 Å². The predicted molar refractivity (Wildman–Crippen MR) is 53.2 cm³/mol. The van der Waals surface area contributed by atoms with Crippen LogP contribution in [0, 0.1) is 11.8 Å². The number of carbonyl (C=O) groups is 2. The molecule has 0 spiro atoms. The van der Waals surface area contributed by atoms with E-state index >= 15 is 0 Å². The lowest BCUT2D eigenvalue weighted by atomic mass is 10.0. The van der Waals surface area contributed by atoms with Crippen molar-refractivity contribution in [1.29, 1.82) is 0 Å². The van der Waals surface area contributed by atoms with E-state index in [1.807, 2.05) is 0 Å². The summed E-state index contributed by atoms with van der Waals surface area (Å²) in [5.41, 5.74) is 0. The maximum atomic E-state index is 11.5. The first-order chi connectivity index (χ1) is 7.15. The van der Waals surface area contributed by atoms with Gasteiger partial charge in [-0.1, -0.05) is 0 Å². The van der Waals surface area contributed by atoms with Crippen LogP contribution in [0.25, 0.3) is 0 Å². The van der Waals surface area contributed by atoms with Gasteiger partial charge in [0, 0.05) is 19.1 Å². The molecule has 5 nitrogen and oxygen atoms in total. The van der Waals surface area contributed by atoms with Gasteiger partial charge in [0.1, 0.15) is 0 Å². The third-order valence-electron chi connectivity index (χ3n) is 2.79. The largest absolute Gasteiger partial charge is 0.481 e. The topological polar surface area (TPSA) is 86.6 Å². The van der Waals surface area contributed by atoms with Gasteiger partial charge in [-0.25, -0.2) is 0 Å². The number of rotatable bonds is 5. The van der Waals surface area contributed by atoms with E-state index in [1.54, 1.807) is 0 Å². The summed E-state index contributed by atoms with van der Waals surface area (Å²) >= 11 is 0. The molecule has 3 N–H and O–H groups in total. The fraction of sp³-hybridized carbons (Fsp3) is 0.800. The van der Waals surface area contributed by atoms with E-state index in [0.29, 0.717) is 32.2 Å². The summed E-state index contributed by atoms with van der Waals surface area (Å²) < 4.78 is 0. The third-order valence-corrected chi connectivity index (χ3v) is 2.79. The molecule has 1 aliphatic carbocycles. The highest BCUT2D eigenvalue weighted by atomic mass is 16.4. The monoisotopic (exact) mass is 215 g/mol. The molecule has 1 saturated carbocycles.